The van der Waals surface area contributed by atoms with E-state index in [-0.39, 0.29) is 5.12 Å². The number of methoxy groups -OCH3 is 1. The molecule has 0 bridgehead atoms. The summed E-state index contributed by atoms with van der Waals surface area (Å²) in [7, 11) is 1.58. The number of thioether (sulfide) groups is 2. The summed E-state index contributed by atoms with van der Waals surface area (Å²) in [6.07, 6.45) is 1.71. The number of benzene rings is 1. The van der Waals surface area contributed by atoms with Crippen LogP contribution in [0.4, 0.5) is 0 Å². The molecule has 0 spiro atoms. The summed E-state index contributed by atoms with van der Waals surface area (Å²) in [6, 6.07) is 5.27. The number of halogens is 1. The summed E-state index contributed by atoms with van der Waals surface area (Å²) in [5.41, 5.74) is 1.19. The zero-order valence-electron chi connectivity index (χ0n) is 10.5. The van der Waals surface area contributed by atoms with Gasteiger partial charge < -0.3 is 4.74 Å². The van der Waals surface area contributed by atoms with Crippen molar-refractivity contribution in [2.24, 2.45) is 4.99 Å². The number of nitrogens with zero attached hydrogens (tertiary/aromatic N) is 1. The Morgan fingerprint density at radius 2 is 2.32 bits per heavy atom. The van der Waals surface area contributed by atoms with Crippen molar-refractivity contribution >= 4 is 50.7 Å². The maximum absolute atomic E-state index is 11.8. The molecule has 0 amide bonds. The molecule has 0 atom stereocenters. The quantitative estimate of drug-likeness (QED) is 0.788. The fourth-order valence-corrected chi connectivity index (χ4v) is 3.46. The van der Waals surface area contributed by atoms with Crippen LogP contribution in [0.15, 0.2) is 28.9 Å². The fraction of sp³-hybridized carbons (Fsp3) is 0.231. The Morgan fingerprint density at radius 3 is 3.00 bits per heavy atom. The Morgan fingerprint density at radius 1 is 1.53 bits per heavy atom. The molecule has 0 aromatic heterocycles. The molecule has 0 saturated carbocycles. The predicted octanol–water partition coefficient (Wildman–Crippen LogP) is 4.07. The lowest BCUT2D eigenvalue weighted by Crippen LogP contribution is -1.91. The summed E-state index contributed by atoms with van der Waals surface area (Å²) in [5, 5.41) is 0.552. The SMILES string of the molecule is CCSC1=N/C(=C/c2cc(Cl)ccc2OC)C(=O)S1. The van der Waals surface area contributed by atoms with Crippen molar-refractivity contribution in [3.05, 3.63) is 34.5 Å². The third-order valence-electron chi connectivity index (χ3n) is 2.35. The van der Waals surface area contributed by atoms with Gasteiger partial charge in [-0.15, -0.1) is 0 Å². The van der Waals surface area contributed by atoms with E-state index in [0.717, 1.165) is 15.7 Å². The maximum Gasteiger partial charge on any atom is 0.244 e. The smallest absolute Gasteiger partial charge is 0.244 e. The van der Waals surface area contributed by atoms with E-state index in [1.807, 2.05) is 6.92 Å². The van der Waals surface area contributed by atoms with E-state index < -0.39 is 0 Å². The van der Waals surface area contributed by atoms with Crippen molar-refractivity contribution in [2.75, 3.05) is 12.9 Å². The van der Waals surface area contributed by atoms with Crippen molar-refractivity contribution in [2.45, 2.75) is 6.92 Å². The number of carbonyl (C=O) groups is 1. The summed E-state index contributed by atoms with van der Waals surface area (Å²) in [4.78, 5) is 16.2. The first-order valence-corrected chi connectivity index (χ1v) is 7.81. The zero-order valence-corrected chi connectivity index (χ0v) is 12.9. The zero-order chi connectivity index (χ0) is 13.8. The number of rotatable bonds is 3. The number of aliphatic imine (C=N–C) groups is 1. The second-order valence-corrected chi connectivity index (χ2v) is 6.53. The Hall–Kier alpha value is -0.910. The molecule has 0 radical (unpaired) electrons. The van der Waals surface area contributed by atoms with Crippen LogP contribution in [0.25, 0.3) is 6.08 Å². The minimum atomic E-state index is -0.0435. The van der Waals surface area contributed by atoms with Gasteiger partial charge in [0.15, 0.2) is 0 Å². The first-order valence-electron chi connectivity index (χ1n) is 5.63. The van der Waals surface area contributed by atoms with Crippen LogP contribution in [0.5, 0.6) is 5.75 Å². The van der Waals surface area contributed by atoms with Crippen LogP contribution in [0, 0.1) is 0 Å². The maximum atomic E-state index is 11.8. The topological polar surface area (TPSA) is 38.7 Å². The van der Waals surface area contributed by atoms with Crippen LogP contribution >= 0.6 is 35.1 Å². The molecule has 1 heterocycles. The van der Waals surface area contributed by atoms with Gasteiger partial charge in [0.2, 0.25) is 5.12 Å². The molecule has 1 aliphatic rings. The Labute approximate surface area is 125 Å². The van der Waals surface area contributed by atoms with E-state index in [4.69, 9.17) is 16.3 Å². The molecule has 0 aliphatic carbocycles. The van der Waals surface area contributed by atoms with E-state index in [1.165, 1.54) is 11.8 Å². The van der Waals surface area contributed by atoms with E-state index >= 15 is 0 Å². The van der Waals surface area contributed by atoms with Gasteiger partial charge in [0, 0.05) is 10.6 Å². The first kappa shape index (κ1) is 14.5. The minimum absolute atomic E-state index is 0.0435. The fourth-order valence-electron chi connectivity index (χ4n) is 1.54. The van der Waals surface area contributed by atoms with Crippen LogP contribution in [0.2, 0.25) is 5.02 Å². The van der Waals surface area contributed by atoms with Crippen molar-refractivity contribution in [1.82, 2.24) is 0 Å². The van der Waals surface area contributed by atoms with Gasteiger partial charge >= 0.3 is 0 Å². The second kappa shape index (κ2) is 6.50. The van der Waals surface area contributed by atoms with Gasteiger partial charge in [-0.1, -0.05) is 30.3 Å². The summed E-state index contributed by atoms with van der Waals surface area (Å²) in [6.45, 7) is 2.03. The van der Waals surface area contributed by atoms with Crippen LogP contribution in [0.1, 0.15) is 12.5 Å². The molecular weight excluding hydrogens is 302 g/mol. The van der Waals surface area contributed by atoms with Gasteiger partial charge in [-0.3, -0.25) is 4.79 Å². The molecule has 0 N–H and O–H groups in total. The van der Waals surface area contributed by atoms with Crippen LogP contribution < -0.4 is 4.74 Å². The third-order valence-corrected chi connectivity index (χ3v) is 4.48. The highest BCUT2D eigenvalue weighted by molar-refractivity contribution is 8.45. The molecule has 6 heteroatoms. The van der Waals surface area contributed by atoms with Crippen LogP contribution in [-0.4, -0.2) is 22.4 Å². The summed E-state index contributed by atoms with van der Waals surface area (Å²) >= 11 is 8.69. The lowest BCUT2D eigenvalue weighted by Gasteiger charge is -2.05. The standard InChI is InChI=1S/C13H12ClNO2S2/c1-3-18-13-15-10(12(16)19-13)7-8-6-9(14)4-5-11(8)17-2/h4-7H,3H2,1-2H3/b10-7+. The average molecular weight is 314 g/mol. The minimum Gasteiger partial charge on any atom is -0.496 e. The Bertz CT molecular complexity index is 570. The van der Waals surface area contributed by atoms with Gasteiger partial charge in [-0.2, -0.15) is 0 Å². The Kier molecular flexibility index (Phi) is 4.96. The molecule has 100 valence electrons. The lowest BCUT2D eigenvalue weighted by molar-refractivity contribution is -0.107. The van der Waals surface area contributed by atoms with Gasteiger partial charge in [-0.25, -0.2) is 4.99 Å². The van der Waals surface area contributed by atoms with E-state index in [1.54, 1.807) is 43.1 Å². The molecule has 0 unspecified atom stereocenters. The number of hydrogen-bond donors (Lipinski definition) is 0. The first-order chi connectivity index (χ1) is 9.13. The van der Waals surface area contributed by atoms with E-state index in [2.05, 4.69) is 4.99 Å². The molecule has 2 rings (SSSR count). The molecule has 19 heavy (non-hydrogen) atoms. The average Bonchev–Trinajstić information content (AvgIpc) is 2.71. The largest absolute Gasteiger partial charge is 0.496 e. The highest BCUT2D eigenvalue weighted by Gasteiger charge is 2.22. The van der Waals surface area contributed by atoms with E-state index in [0.29, 0.717) is 16.5 Å². The number of ether oxygens (including phenoxy) is 1. The van der Waals surface area contributed by atoms with E-state index in [9.17, 15) is 4.79 Å². The van der Waals surface area contributed by atoms with Crippen molar-refractivity contribution in [1.29, 1.82) is 0 Å². The second-order valence-electron chi connectivity index (χ2n) is 3.62. The molecule has 1 aromatic rings. The Balaban J connectivity index is 2.35. The van der Waals surface area contributed by atoms with Gasteiger partial charge in [0.05, 0.1) is 7.11 Å². The normalized spacial score (nSPS) is 16.9. The van der Waals surface area contributed by atoms with Gasteiger partial charge in [-0.05, 0) is 41.8 Å². The molecule has 0 saturated heterocycles. The molecular formula is C13H12ClNO2S2. The van der Waals surface area contributed by atoms with Crippen LogP contribution in [0.3, 0.4) is 0 Å². The van der Waals surface area contributed by atoms with Crippen molar-refractivity contribution in [3.63, 3.8) is 0 Å². The monoisotopic (exact) mass is 313 g/mol. The third kappa shape index (κ3) is 3.55. The van der Waals surface area contributed by atoms with Crippen LogP contribution in [-0.2, 0) is 4.79 Å². The van der Waals surface area contributed by atoms with Crippen molar-refractivity contribution in [3.8, 4) is 5.75 Å². The molecule has 1 aromatic carbocycles. The van der Waals surface area contributed by atoms with Gasteiger partial charge in [0.25, 0.3) is 0 Å². The lowest BCUT2D eigenvalue weighted by atomic mass is 10.1. The highest BCUT2D eigenvalue weighted by Crippen LogP contribution is 2.33. The van der Waals surface area contributed by atoms with Crippen molar-refractivity contribution < 1.29 is 9.53 Å². The highest BCUT2D eigenvalue weighted by atomic mass is 35.5. The molecule has 3 nitrogen and oxygen atoms in total. The number of carbonyl (C=O) groups excluding carboxylic acids is 1. The summed E-state index contributed by atoms with van der Waals surface area (Å²) in [5.74, 6) is 1.56. The van der Waals surface area contributed by atoms with Gasteiger partial charge in [0.1, 0.15) is 15.8 Å². The summed E-state index contributed by atoms with van der Waals surface area (Å²) < 4.78 is 6.04. The molecule has 1 aliphatic heterocycles. The predicted molar refractivity (Wildman–Crippen MR) is 84.1 cm³/mol. The molecule has 0 fully saturated rings. The number of hydrogen-bond acceptors (Lipinski definition) is 5.